The Kier molecular flexibility index (Phi) is 6.79. The molecule has 1 aromatic rings. The fourth-order valence-corrected chi connectivity index (χ4v) is 2.95. The molecule has 0 spiro atoms. The van der Waals surface area contributed by atoms with Gasteiger partial charge in [0, 0.05) is 13.1 Å². The second-order valence-corrected chi connectivity index (χ2v) is 6.57. The smallest absolute Gasteiger partial charge is 0.242 e. The van der Waals surface area contributed by atoms with Gasteiger partial charge in [0.25, 0.3) is 0 Å². The zero-order valence-electron chi connectivity index (χ0n) is 14.9. The van der Waals surface area contributed by atoms with Crippen molar-refractivity contribution in [2.24, 2.45) is 5.92 Å². The summed E-state index contributed by atoms with van der Waals surface area (Å²) < 4.78 is 0. The van der Waals surface area contributed by atoms with Crippen LogP contribution in [0, 0.1) is 5.92 Å². The number of benzene rings is 1. The highest BCUT2D eigenvalue weighted by Crippen LogP contribution is 2.17. The summed E-state index contributed by atoms with van der Waals surface area (Å²) in [5.41, 5.74) is 2.44. The van der Waals surface area contributed by atoms with Crippen LogP contribution in [0.2, 0.25) is 0 Å². The van der Waals surface area contributed by atoms with E-state index in [1.165, 1.54) is 11.1 Å². The van der Waals surface area contributed by atoms with Crippen molar-refractivity contribution in [2.75, 3.05) is 6.54 Å². The van der Waals surface area contributed by atoms with Crippen LogP contribution in [0.4, 0.5) is 0 Å². The lowest BCUT2D eigenvalue weighted by Gasteiger charge is -2.29. The summed E-state index contributed by atoms with van der Waals surface area (Å²) in [7, 11) is 0. The van der Waals surface area contributed by atoms with Crippen molar-refractivity contribution in [2.45, 2.75) is 58.7 Å². The number of rotatable bonds is 7. The van der Waals surface area contributed by atoms with E-state index in [0.717, 1.165) is 12.8 Å². The zero-order chi connectivity index (χ0) is 17.5. The number of hydrogen-bond acceptors (Lipinski definition) is 3. The van der Waals surface area contributed by atoms with Gasteiger partial charge in [-0.1, -0.05) is 51.5 Å². The second-order valence-electron chi connectivity index (χ2n) is 6.57. The number of amides is 2. The molecule has 0 unspecified atom stereocenters. The van der Waals surface area contributed by atoms with E-state index in [4.69, 9.17) is 0 Å². The fourth-order valence-electron chi connectivity index (χ4n) is 2.95. The molecule has 0 saturated heterocycles. The van der Waals surface area contributed by atoms with Crippen molar-refractivity contribution in [3.63, 3.8) is 0 Å². The van der Waals surface area contributed by atoms with Gasteiger partial charge in [-0.2, -0.15) is 0 Å². The number of nitrogens with one attached hydrogen (secondary N) is 3. The van der Waals surface area contributed by atoms with Crippen molar-refractivity contribution in [3.05, 3.63) is 35.4 Å². The first kappa shape index (κ1) is 18.5. The Morgan fingerprint density at radius 3 is 2.62 bits per heavy atom. The highest BCUT2D eigenvalue weighted by atomic mass is 16.2. The maximum absolute atomic E-state index is 12.7. The lowest BCUT2D eigenvalue weighted by Crippen LogP contribution is -2.56. The molecule has 0 fully saturated rings. The number of carbonyl (C=O) groups excluding carboxylic acids is 2. The topological polar surface area (TPSA) is 70.2 Å². The molecule has 0 bridgehead atoms. The van der Waals surface area contributed by atoms with Crippen LogP contribution in [-0.4, -0.2) is 30.4 Å². The monoisotopic (exact) mass is 331 g/mol. The maximum atomic E-state index is 12.7. The molecule has 5 heteroatoms. The number of carbonyl (C=O) groups is 2. The van der Waals surface area contributed by atoms with Gasteiger partial charge in [-0.05, 0) is 29.9 Å². The minimum atomic E-state index is -0.479. The highest BCUT2D eigenvalue weighted by Gasteiger charge is 2.30. The van der Waals surface area contributed by atoms with Crippen LogP contribution in [0.3, 0.4) is 0 Å². The molecule has 0 saturated carbocycles. The van der Waals surface area contributed by atoms with E-state index in [0.29, 0.717) is 19.5 Å². The summed E-state index contributed by atoms with van der Waals surface area (Å²) in [6, 6.07) is 7.39. The highest BCUT2D eigenvalue weighted by molar-refractivity contribution is 5.90. The van der Waals surface area contributed by atoms with Crippen LogP contribution < -0.4 is 16.0 Å². The zero-order valence-corrected chi connectivity index (χ0v) is 14.9. The van der Waals surface area contributed by atoms with Gasteiger partial charge >= 0.3 is 0 Å². The predicted octanol–water partition coefficient (Wildman–Crippen LogP) is 1.76. The van der Waals surface area contributed by atoms with Crippen molar-refractivity contribution in [3.8, 4) is 0 Å². The summed E-state index contributed by atoms with van der Waals surface area (Å²) in [6.45, 7) is 7.37. The molecule has 1 aromatic carbocycles. The van der Waals surface area contributed by atoms with Crippen LogP contribution >= 0.6 is 0 Å². The van der Waals surface area contributed by atoms with E-state index >= 15 is 0 Å². The molecule has 3 atom stereocenters. The van der Waals surface area contributed by atoms with Gasteiger partial charge in [-0.3, -0.25) is 9.59 Å². The molecule has 1 aliphatic rings. The Hall–Kier alpha value is -1.88. The Labute approximate surface area is 144 Å². The molecule has 0 aromatic heterocycles. The second kappa shape index (κ2) is 8.83. The molecule has 2 amide bonds. The van der Waals surface area contributed by atoms with Gasteiger partial charge < -0.3 is 16.0 Å². The van der Waals surface area contributed by atoms with Crippen LogP contribution in [0.15, 0.2) is 24.3 Å². The van der Waals surface area contributed by atoms with Crippen molar-refractivity contribution < 1.29 is 9.59 Å². The number of hydrogen-bond donors (Lipinski definition) is 3. The molecule has 5 nitrogen and oxygen atoms in total. The standard InChI is InChI=1S/C19H29N3O2/c1-4-10-20-19(24)17(13(3)5-2)22-18(23)16-11-14-8-6-7-9-15(14)12-21-16/h6-9,13,16-17,21H,4-5,10-12H2,1-3H3,(H,20,24)(H,22,23)/t13-,16-,17-/m0/s1. The summed E-state index contributed by atoms with van der Waals surface area (Å²) in [6.07, 6.45) is 2.38. The molecule has 132 valence electrons. The van der Waals surface area contributed by atoms with E-state index in [2.05, 4.69) is 28.1 Å². The minimum Gasteiger partial charge on any atom is -0.354 e. The average Bonchev–Trinajstić information content (AvgIpc) is 2.62. The predicted molar refractivity (Wildman–Crippen MR) is 95.5 cm³/mol. The lowest BCUT2D eigenvalue weighted by atomic mass is 9.94. The van der Waals surface area contributed by atoms with Gasteiger partial charge in [0.1, 0.15) is 6.04 Å². The quantitative estimate of drug-likeness (QED) is 0.713. The number of fused-ring (bicyclic) bond motifs is 1. The van der Waals surface area contributed by atoms with Crippen LogP contribution in [0.5, 0.6) is 0 Å². The molecule has 0 radical (unpaired) electrons. The van der Waals surface area contributed by atoms with Crippen molar-refractivity contribution >= 4 is 11.8 Å². The average molecular weight is 331 g/mol. The third-order valence-electron chi connectivity index (χ3n) is 4.74. The SMILES string of the molecule is CCCNC(=O)[C@@H](NC(=O)[C@@H]1Cc2ccccc2CN1)[C@@H](C)CC. The summed E-state index contributed by atoms with van der Waals surface area (Å²) in [4.78, 5) is 25.0. The summed E-state index contributed by atoms with van der Waals surface area (Å²) in [5.74, 6) is -0.0844. The molecular formula is C19H29N3O2. The van der Waals surface area contributed by atoms with Crippen LogP contribution in [-0.2, 0) is 22.6 Å². The van der Waals surface area contributed by atoms with E-state index in [1.807, 2.05) is 32.9 Å². The molecule has 0 aliphatic carbocycles. The van der Waals surface area contributed by atoms with Gasteiger partial charge in [-0.15, -0.1) is 0 Å². The van der Waals surface area contributed by atoms with Gasteiger partial charge in [0.05, 0.1) is 6.04 Å². The first-order valence-corrected chi connectivity index (χ1v) is 8.95. The molecule has 1 aliphatic heterocycles. The van der Waals surface area contributed by atoms with Gasteiger partial charge in [0.2, 0.25) is 11.8 Å². The largest absolute Gasteiger partial charge is 0.354 e. The van der Waals surface area contributed by atoms with Gasteiger partial charge in [-0.25, -0.2) is 0 Å². The normalized spacial score (nSPS) is 19.0. The summed E-state index contributed by atoms with van der Waals surface area (Å²) >= 11 is 0. The minimum absolute atomic E-state index is 0.0873. The third-order valence-corrected chi connectivity index (χ3v) is 4.74. The van der Waals surface area contributed by atoms with Crippen molar-refractivity contribution in [1.82, 2.24) is 16.0 Å². The summed E-state index contributed by atoms with van der Waals surface area (Å²) in [5, 5.41) is 9.14. The lowest BCUT2D eigenvalue weighted by molar-refractivity contribution is -0.131. The molecular weight excluding hydrogens is 302 g/mol. The van der Waals surface area contributed by atoms with Crippen molar-refractivity contribution in [1.29, 1.82) is 0 Å². The molecule has 24 heavy (non-hydrogen) atoms. The van der Waals surface area contributed by atoms with E-state index in [1.54, 1.807) is 0 Å². The molecule has 1 heterocycles. The van der Waals surface area contributed by atoms with Gasteiger partial charge in [0.15, 0.2) is 0 Å². The Bertz CT molecular complexity index is 573. The van der Waals surface area contributed by atoms with E-state index in [9.17, 15) is 9.59 Å². The molecule has 3 N–H and O–H groups in total. The van der Waals surface area contributed by atoms with Crippen LogP contribution in [0.1, 0.15) is 44.7 Å². The Balaban J connectivity index is 2.01. The molecule has 2 rings (SSSR count). The van der Waals surface area contributed by atoms with E-state index in [-0.39, 0.29) is 23.8 Å². The first-order valence-electron chi connectivity index (χ1n) is 8.95. The van der Waals surface area contributed by atoms with E-state index < -0.39 is 6.04 Å². The third kappa shape index (κ3) is 4.57. The van der Waals surface area contributed by atoms with Crippen LogP contribution in [0.25, 0.3) is 0 Å². The Morgan fingerprint density at radius 2 is 1.96 bits per heavy atom. The maximum Gasteiger partial charge on any atom is 0.242 e. The Morgan fingerprint density at radius 1 is 1.25 bits per heavy atom. The first-order chi connectivity index (χ1) is 11.6. The fraction of sp³-hybridized carbons (Fsp3) is 0.579.